The molecule has 1 aromatic heterocycles. The van der Waals surface area contributed by atoms with E-state index in [2.05, 4.69) is 15.5 Å². The maximum atomic E-state index is 12.3. The monoisotopic (exact) mass is 331 g/mol. The minimum Gasteiger partial charge on any atom is -0.421 e. The Morgan fingerprint density at radius 1 is 1.25 bits per heavy atom. The number of rotatable bonds is 8. The van der Waals surface area contributed by atoms with E-state index in [1.54, 1.807) is 19.1 Å². The van der Waals surface area contributed by atoms with Gasteiger partial charge in [-0.25, -0.2) is 0 Å². The maximum Gasteiger partial charge on any atom is 0.247 e. The highest BCUT2D eigenvalue weighted by Crippen LogP contribution is 2.25. The van der Waals surface area contributed by atoms with Crippen LogP contribution in [0.15, 0.2) is 28.7 Å². The van der Waals surface area contributed by atoms with Crippen molar-refractivity contribution in [2.45, 2.75) is 58.5 Å². The van der Waals surface area contributed by atoms with Gasteiger partial charge in [0.1, 0.15) is 0 Å². The van der Waals surface area contributed by atoms with E-state index in [1.165, 1.54) is 0 Å². The Balaban J connectivity index is 2.06. The summed E-state index contributed by atoms with van der Waals surface area (Å²) in [6, 6.07) is 7.23. The summed E-state index contributed by atoms with van der Waals surface area (Å²) in [5.41, 5.74) is 0.448. The molecule has 1 aromatic carbocycles. The third kappa shape index (κ3) is 4.89. The molecule has 2 rings (SSSR count). The Kier molecular flexibility index (Phi) is 6.09. The number of aliphatic hydroxyl groups is 1. The van der Waals surface area contributed by atoms with Crippen molar-refractivity contribution < 1.29 is 14.3 Å². The number of hydrogen-bond acceptors (Lipinski definition) is 5. The lowest BCUT2D eigenvalue weighted by atomic mass is 9.89. The number of aromatic nitrogens is 2. The standard InChI is InChI=1S/C18H25N3O3/c1-4-9-18(23,10-5-2)12-16(22)19-15-8-6-7-14(11-15)17-21-20-13(3)24-17/h6-8,11,23H,4-5,9-10,12H2,1-3H3,(H,19,22). The van der Waals surface area contributed by atoms with E-state index in [4.69, 9.17) is 4.42 Å². The van der Waals surface area contributed by atoms with E-state index in [0.717, 1.165) is 18.4 Å². The molecule has 1 amide bonds. The molecule has 0 aliphatic rings. The van der Waals surface area contributed by atoms with Gasteiger partial charge in [-0.05, 0) is 31.0 Å². The number of aryl methyl sites for hydroxylation is 1. The minimum atomic E-state index is -0.936. The van der Waals surface area contributed by atoms with Gasteiger partial charge in [0.05, 0.1) is 12.0 Å². The van der Waals surface area contributed by atoms with Crippen molar-refractivity contribution in [1.29, 1.82) is 0 Å². The smallest absolute Gasteiger partial charge is 0.247 e. The highest BCUT2D eigenvalue weighted by molar-refractivity contribution is 5.91. The van der Waals surface area contributed by atoms with Gasteiger partial charge in [0.25, 0.3) is 0 Å². The van der Waals surface area contributed by atoms with Crippen molar-refractivity contribution in [3.8, 4) is 11.5 Å². The third-order valence-electron chi connectivity index (χ3n) is 3.84. The fourth-order valence-corrected chi connectivity index (χ4v) is 2.88. The normalized spacial score (nSPS) is 11.5. The van der Waals surface area contributed by atoms with Crippen LogP contribution in [-0.4, -0.2) is 26.8 Å². The molecule has 6 heteroatoms. The molecular weight excluding hydrogens is 306 g/mol. The number of anilines is 1. The van der Waals surface area contributed by atoms with Gasteiger partial charge in [-0.2, -0.15) is 0 Å². The molecule has 1 heterocycles. The van der Waals surface area contributed by atoms with Gasteiger partial charge < -0.3 is 14.8 Å². The molecule has 0 atom stereocenters. The molecule has 130 valence electrons. The van der Waals surface area contributed by atoms with E-state index in [0.29, 0.717) is 30.3 Å². The van der Waals surface area contributed by atoms with Gasteiger partial charge in [-0.15, -0.1) is 10.2 Å². The number of nitrogens with one attached hydrogen (secondary N) is 1. The van der Waals surface area contributed by atoms with Crippen molar-refractivity contribution in [1.82, 2.24) is 10.2 Å². The summed E-state index contributed by atoms with van der Waals surface area (Å²) in [7, 11) is 0. The van der Waals surface area contributed by atoms with Gasteiger partial charge in [0.2, 0.25) is 17.7 Å². The zero-order valence-corrected chi connectivity index (χ0v) is 14.5. The molecule has 0 bridgehead atoms. The fourth-order valence-electron chi connectivity index (χ4n) is 2.88. The summed E-state index contributed by atoms with van der Waals surface area (Å²) in [4.78, 5) is 12.3. The molecular formula is C18H25N3O3. The van der Waals surface area contributed by atoms with Crippen LogP contribution < -0.4 is 5.32 Å². The topological polar surface area (TPSA) is 88.2 Å². The predicted molar refractivity (Wildman–Crippen MR) is 92.5 cm³/mol. The van der Waals surface area contributed by atoms with Crippen molar-refractivity contribution >= 4 is 11.6 Å². The summed E-state index contributed by atoms with van der Waals surface area (Å²) < 4.78 is 5.40. The molecule has 0 aliphatic carbocycles. The number of amides is 1. The van der Waals surface area contributed by atoms with Crippen LogP contribution in [0.3, 0.4) is 0 Å². The van der Waals surface area contributed by atoms with E-state index in [9.17, 15) is 9.90 Å². The second-order valence-electron chi connectivity index (χ2n) is 6.16. The van der Waals surface area contributed by atoms with Gasteiger partial charge in [0.15, 0.2) is 0 Å². The lowest BCUT2D eigenvalue weighted by Gasteiger charge is -2.26. The molecule has 6 nitrogen and oxygen atoms in total. The van der Waals surface area contributed by atoms with E-state index >= 15 is 0 Å². The molecule has 0 radical (unpaired) electrons. The molecule has 0 saturated carbocycles. The minimum absolute atomic E-state index is 0.0958. The summed E-state index contributed by atoms with van der Waals surface area (Å²) in [5.74, 6) is 0.707. The lowest BCUT2D eigenvalue weighted by molar-refractivity contribution is -0.121. The first-order valence-corrected chi connectivity index (χ1v) is 8.38. The van der Waals surface area contributed by atoms with Crippen molar-refractivity contribution in [2.75, 3.05) is 5.32 Å². The van der Waals surface area contributed by atoms with Crippen LogP contribution in [0.1, 0.15) is 51.8 Å². The van der Waals surface area contributed by atoms with Gasteiger partial charge in [-0.1, -0.05) is 32.8 Å². The van der Waals surface area contributed by atoms with Crippen LogP contribution in [0, 0.1) is 6.92 Å². The zero-order chi connectivity index (χ0) is 17.6. The van der Waals surface area contributed by atoms with Gasteiger partial charge in [0, 0.05) is 18.2 Å². The molecule has 0 saturated heterocycles. The SMILES string of the molecule is CCCC(O)(CCC)CC(=O)Nc1cccc(-c2nnc(C)o2)c1. The Bertz CT molecular complexity index is 676. The summed E-state index contributed by atoms with van der Waals surface area (Å²) in [5, 5.41) is 21.2. The van der Waals surface area contributed by atoms with Gasteiger partial charge in [-0.3, -0.25) is 4.79 Å². The quantitative estimate of drug-likeness (QED) is 0.770. The lowest BCUT2D eigenvalue weighted by Crippen LogP contribution is -2.33. The first-order chi connectivity index (χ1) is 11.5. The molecule has 2 aromatic rings. The number of benzene rings is 1. The number of nitrogens with zero attached hydrogens (tertiary/aromatic N) is 2. The summed E-state index contributed by atoms with van der Waals surface area (Å²) in [6.07, 6.45) is 3.02. The highest BCUT2D eigenvalue weighted by atomic mass is 16.4. The molecule has 2 N–H and O–H groups in total. The average molecular weight is 331 g/mol. The Morgan fingerprint density at radius 2 is 1.96 bits per heavy atom. The average Bonchev–Trinajstić information content (AvgIpc) is 2.94. The second kappa shape index (κ2) is 8.06. The first-order valence-electron chi connectivity index (χ1n) is 8.38. The molecule has 0 aliphatic heterocycles. The summed E-state index contributed by atoms with van der Waals surface area (Å²) >= 11 is 0. The molecule has 0 unspecified atom stereocenters. The fraction of sp³-hybridized carbons (Fsp3) is 0.500. The van der Waals surface area contributed by atoms with E-state index < -0.39 is 5.60 Å². The van der Waals surface area contributed by atoms with Crippen molar-refractivity contribution in [3.63, 3.8) is 0 Å². The Labute approximate surface area is 142 Å². The predicted octanol–water partition coefficient (Wildman–Crippen LogP) is 3.70. The maximum absolute atomic E-state index is 12.3. The van der Waals surface area contributed by atoms with Crippen LogP contribution in [0.25, 0.3) is 11.5 Å². The zero-order valence-electron chi connectivity index (χ0n) is 14.5. The van der Waals surface area contributed by atoms with Gasteiger partial charge >= 0.3 is 0 Å². The van der Waals surface area contributed by atoms with Crippen LogP contribution in [0.5, 0.6) is 0 Å². The van der Waals surface area contributed by atoms with E-state index in [-0.39, 0.29) is 12.3 Å². The third-order valence-corrected chi connectivity index (χ3v) is 3.84. The van der Waals surface area contributed by atoms with Crippen LogP contribution in [0.2, 0.25) is 0 Å². The second-order valence-corrected chi connectivity index (χ2v) is 6.16. The Morgan fingerprint density at radius 3 is 2.54 bits per heavy atom. The Hall–Kier alpha value is -2.21. The van der Waals surface area contributed by atoms with Crippen LogP contribution >= 0.6 is 0 Å². The summed E-state index contributed by atoms with van der Waals surface area (Å²) in [6.45, 7) is 5.74. The van der Waals surface area contributed by atoms with Crippen molar-refractivity contribution in [2.24, 2.45) is 0 Å². The highest BCUT2D eigenvalue weighted by Gasteiger charge is 2.28. The van der Waals surface area contributed by atoms with Crippen LogP contribution in [0.4, 0.5) is 5.69 Å². The van der Waals surface area contributed by atoms with E-state index in [1.807, 2.05) is 26.0 Å². The van der Waals surface area contributed by atoms with Crippen LogP contribution in [-0.2, 0) is 4.79 Å². The molecule has 0 fully saturated rings. The molecule has 0 spiro atoms. The largest absolute Gasteiger partial charge is 0.421 e. The first kappa shape index (κ1) is 18.1. The number of carbonyl (C=O) groups is 1. The molecule has 24 heavy (non-hydrogen) atoms. The number of hydrogen-bond donors (Lipinski definition) is 2. The van der Waals surface area contributed by atoms with Crippen molar-refractivity contribution in [3.05, 3.63) is 30.2 Å². The number of carbonyl (C=O) groups excluding carboxylic acids is 1.